The maximum Gasteiger partial charge on any atom is 0.274 e. The first-order chi connectivity index (χ1) is 15.5. The van der Waals surface area contributed by atoms with Crippen molar-refractivity contribution < 1.29 is 0 Å². The van der Waals surface area contributed by atoms with Crippen molar-refractivity contribution in [2.24, 2.45) is 7.05 Å². The van der Waals surface area contributed by atoms with Crippen molar-refractivity contribution >= 4 is 24.3 Å². The monoisotopic (exact) mass is 440 g/mol. The molecule has 0 aromatic carbocycles. The number of aromatic nitrogens is 4. The van der Waals surface area contributed by atoms with Crippen LogP contribution in [-0.2, 0) is 7.05 Å². The predicted molar refractivity (Wildman–Crippen MR) is 144 cm³/mol. The summed E-state index contributed by atoms with van der Waals surface area (Å²) in [5.74, 6) is 2.25. The number of allylic oxidation sites excluding steroid dienone is 1. The molecule has 0 aliphatic heterocycles. The molecule has 0 saturated heterocycles. The van der Waals surface area contributed by atoms with Crippen LogP contribution < -0.4 is 26.4 Å². The summed E-state index contributed by atoms with van der Waals surface area (Å²) in [4.78, 5) is 11.4. The van der Waals surface area contributed by atoms with Crippen LogP contribution >= 0.6 is 0 Å². The van der Waals surface area contributed by atoms with Crippen LogP contribution in [0.3, 0.4) is 0 Å². The van der Waals surface area contributed by atoms with Crippen molar-refractivity contribution in [2.75, 3.05) is 0 Å². The molecule has 0 unspecified atom stereocenters. The molecule has 2 heterocycles. The summed E-state index contributed by atoms with van der Waals surface area (Å²) in [6.45, 7) is 23.0. The third-order valence-electron chi connectivity index (χ3n) is 3.21. The molecule has 0 spiro atoms. The number of terminal acetylenes is 1. The largest absolute Gasteiger partial charge is 0.274 e. The van der Waals surface area contributed by atoms with Gasteiger partial charge in [0.15, 0.2) is 0 Å². The highest BCUT2D eigenvalue weighted by Gasteiger charge is 1.92. The van der Waals surface area contributed by atoms with Crippen LogP contribution in [0.4, 0.5) is 0 Å². The van der Waals surface area contributed by atoms with Gasteiger partial charge in [-0.1, -0.05) is 78.5 Å². The lowest BCUT2D eigenvalue weighted by Crippen LogP contribution is -2.44. The Morgan fingerprint density at radius 2 is 1.31 bits per heavy atom. The van der Waals surface area contributed by atoms with E-state index in [1.54, 1.807) is 44.7 Å². The van der Waals surface area contributed by atoms with Gasteiger partial charge >= 0.3 is 0 Å². The second-order valence-corrected chi connectivity index (χ2v) is 4.90. The fraction of sp³-hybridized carbons (Fsp3) is 0.407. The minimum atomic E-state index is -0.0481. The number of hydrogen-bond donors (Lipinski definition) is 0. The van der Waals surface area contributed by atoms with Gasteiger partial charge in [0.25, 0.3) is 5.56 Å². The smallest absolute Gasteiger partial charge is 0.267 e. The summed E-state index contributed by atoms with van der Waals surface area (Å²) in [5, 5.41) is 15.2. The molecule has 0 radical (unpaired) electrons. The zero-order valence-electron chi connectivity index (χ0n) is 22.1. The summed E-state index contributed by atoms with van der Waals surface area (Å²) in [6, 6.07) is 0. The first kappa shape index (κ1) is 36.1. The molecular formula is C27H44N4O. The fourth-order valence-electron chi connectivity index (χ4n) is 1.94. The van der Waals surface area contributed by atoms with E-state index in [4.69, 9.17) is 0 Å². The van der Waals surface area contributed by atoms with Crippen molar-refractivity contribution in [1.29, 1.82) is 0 Å². The van der Waals surface area contributed by atoms with Gasteiger partial charge in [0.2, 0.25) is 0 Å². The van der Waals surface area contributed by atoms with Crippen molar-refractivity contribution in [3.05, 3.63) is 62.5 Å². The van der Waals surface area contributed by atoms with E-state index in [1.165, 1.54) is 4.68 Å². The number of nitrogens with zero attached hydrogens (tertiary/aromatic N) is 4. The Hall–Kier alpha value is -3.26. The Morgan fingerprint density at radius 3 is 1.69 bits per heavy atom. The Kier molecular flexibility index (Phi) is 31.3. The van der Waals surface area contributed by atoms with Crippen LogP contribution in [0, 0.1) is 12.3 Å². The molecular weight excluding hydrogens is 396 g/mol. The standard InChI is InChI=1S/C9H12N2O.C9H10N2.C3H4.3C2H6/c1-4-7-6-10-11(3)9(12)8(7)5-2;1-3-5-9-7-11-10-6-8(9)4-2;1-3-2;3*1-2/h4-6H,1-3H3;3-7H,1H2,2H3;1H,2H3;3*1-2H3/b7-4-,8-5+;8-4-,9-5-;;;;. The Bertz CT molecular complexity index is 1040. The minimum absolute atomic E-state index is 0.0481. The Morgan fingerprint density at radius 1 is 0.875 bits per heavy atom. The average Bonchev–Trinajstić information content (AvgIpc) is 2.86. The molecule has 2 rings (SSSR count). The SMILES string of the molecule is C#CC.C/C=c1/cnn(C)c(=O)/c1=C/C.C=C/C=c1/cnnc/c1=C/C.CC.CC.CC. The molecule has 32 heavy (non-hydrogen) atoms. The van der Waals surface area contributed by atoms with Gasteiger partial charge in [0.1, 0.15) is 0 Å². The van der Waals surface area contributed by atoms with Crippen molar-refractivity contribution in [3.63, 3.8) is 0 Å². The van der Waals surface area contributed by atoms with Crippen molar-refractivity contribution in [1.82, 2.24) is 20.0 Å². The lowest BCUT2D eigenvalue weighted by molar-refractivity contribution is 0.696. The second-order valence-electron chi connectivity index (χ2n) is 4.90. The van der Waals surface area contributed by atoms with Crippen LogP contribution in [0.2, 0.25) is 0 Å². The summed E-state index contributed by atoms with van der Waals surface area (Å²) >= 11 is 0. The van der Waals surface area contributed by atoms with Gasteiger partial charge in [-0.05, 0) is 32.9 Å². The van der Waals surface area contributed by atoms with Crippen LogP contribution in [0.15, 0.2) is 36.0 Å². The van der Waals surface area contributed by atoms with Crippen LogP contribution in [0.25, 0.3) is 24.3 Å². The molecule has 0 N–H and O–H groups in total. The van der Waals surface area contributed by atoms with Gasteiger partial charge in [0, 0.05) is 22.7 Å². The van der Waals surface area contributed by atoms with Gasteiger partial charge in [-0.2, -0.15) is 15.3 Å². The van der Waals surface area contributed by atoms with Crippen LogP contribution in [0.1, 0.15) is 69.2 Å². The molecule has 0 saturated carbocycles. The quantitative estimate of drug-likeness (QED) is 0.638. The van der Waals surface area contributed by atoms with E-state index in [-0.39, 0.29) is 5.56 Å². The van der Waals surface area contributed by atoms with Crippen molar-refractivity contribution in [3.8, 4) is 12.3 Å². The second kappa shape index (κ2) is 27.7. The van der Waals surface area contributed by atoms with Gasteiger partial charge in [-0.3, -0.25) is 4.79 Å². The number of rotatable bonds is 1. The third-order valence-corrected chi connectivity index (χ3v) is 3.21. The summed E-state index contributed by atoms with van der Waals surface area (Å²) in [5.41, 5.74) is -0.0481. The predicted octanol–water partition coefficient (Wildman–Crippen LogP) is 3.34. The molecule has 0 aliphatic rings. The van der Waals surface area contributed by atoms with E-state index in [2.05, 4.69) is 34.2 Å². The molecule has 0 aliphatic carbocycles. The Balaban J connectivity index is -0.000000181. The van der Waals surface area contributed by atoms with E-state index >= 15 is 0 Å². The molecule has 2 aromatic rings. The highest BCUT2D eigenvalue weighted by molar-refractivity contribution is 5.36. The molecule has 0 atom stereocenters. The van der Waals surface area contributed by atoms with Gasteiger partial charge in [0.05, 0.1) is 18.6 Å². The molecule has 5 nitrogen and oxygen atoms in total. The lowest BCUT2D eigenvalue weighted by atomic mass is 10.3. The molecule has 2 aromatic heterocycles. The number of hydrogen-bond acceptors (Lipinski definition) is 4. The maximum atomic E-state index is 11.4. The van der Waals surface area contributed by atoms with E-state index in [1.807, 2.05) is 80.5 Å². The number of aryl methyl sites for hydroxylation is 1. The maximum absolute atomic E-state index is 11.4. The van der Waals surface area contributed by atoms with E-state index in [0.717, 1.165) is 20.9 Å². The van der Waals surface area contributed by atoms with Gasteiger partial charge in [-0.25, -0.2) is 4.68 Å². The van der Waals surface area contributed by atoms with Gasteiger partial charge in [-0.15, -0.1) is 12.3 Å². The van der Waals surface area contributed by atoms with E-state index in [0.29, 0.717) is 0 Å². The topological polar surface area (TPSA) is 60.7 Å². The first-order valence-corrected chi connectivity index (χ1v) is 11.1. The molecule has 0 fully saturated rings. The summed E-state index contributed by atoms with van der Waals surface area (Å²) in [6.07, 6.45) is 19.1. The van der Waals surface area contributed by atoms with Crippen LogP contribution in [-0.4, -0.2) is 20.0 Å². The fourth-order valence-corrected chi connectivity index (χ4v) is 1.94. The Labute approximate surface area is 195 Å². The molecule has 0 amide bonds. The average molecular weight is 441 g/mol. The first-order valence-electron chi connectivity index (χ1n) is 11.1. The zero-order chi connectivity index (χ0) is 25.9. The van der Waals surface area contributed by atoms with E-state index in [9.17, 15) is 4.79 Å². The highest BCUT2D eigenvalue weighted by atomic mass is 16.1. The zero-order valence-corrected chi connectivity index (χ0v) is 22.1. The molecule has 178 valence electrons. The summed E-state index contributed by atoms with van der Waals surface area (Å²) < 4.78 is 1.34. The van der Waals surface area contributed by atoms with Gasteiger partial charge < -0.3 is 0 Å². The van der Waals surface area contributed by atoms with E-state index < -0.39 is 0 Å². The third kappa shape index (κ3) is 15.6. The minimum Gasteiger partial charge on any atom is -0.267 e. The van der Waals surface area contributed by atoms with Crippen LogP contribution in [0.5, 0.6) is 0 Å². The lowest BCUT2D eigenvalue weighted by Gasteiger charge is -1.94. The highest BCUT2D eigenvalue weighted by Crippen LogP contribution is 1.64. The van der Waals surface area contributed by atoms with Crippen molar-refractivity contribution in [2.45, 2.75) is 69.2 Å². The normalized spacial score (nSPS) is 10.7. The molecule has 0 bridgehead atoms. The summed E-state index contributed by atoms with van der Waals surface area (Å²) in [7, 11) is 1.65. The molecule has 5 heteroatoms.